The number of rotatable bonds is 10. The molecule has 0 atom stereocenters. The van der Waals surface area contributed by atoms with Crippen molar-refractivity contribution >= 4 is 19.2 Å². The minimum Gasteiger partial charge on any atom is -0.308 e. The third-order valence-corrected chi connectivity index (χ3v) is 3.98. The van der Waals surface area contributed by atoms with Gasteiger partial charge in [-0.25, -0.2) is 0 Å². The molecule has 3 nitrogen and oxygen atoms in total. The van der Waals surface area contributed by atoms with Crippen LogP contribution in [0.1, 0.15) is 39.5 Å². The average Bonchev–Trinajstić information content (AvgIpc) is 2.27. The molecule has 0 aromatic heterocycles. The lowest BCUT2D eigenvalue weighted by Gasteiger charge is -2.16. The SMILES string of the molecule is CCCCOP(=O)(C/C=C/Cl)OCCCC. The van der Waals surface area contributed by atoms with E-state index in [1.807, 2.05) is 0 Å². The maximum absolute atomic E-state index is 12.2. The van der Waals surface area contributed by atoms with E-state index in [9.17, 15) is 4.57 Å². The van der Waals surface area contributed by atoms with E-state index in [2.05, 4.69) is 13.8 Å². The highest BCUT2D eigenvalue weighted by atomic mass is 35.5. The van der Waals surface area contributed by atoms with Crippen LogP contribution in [0.2, 0.25) is 0 Å². The molecule has 16 heavy (non-hydrogen) atoms. The fraction of sp³-hybridized carbons (Fsp3) is 0.818. The molecule has 0 rings (SSSR count). The second-order valence-electron chi connectivity index (χ2n) is 3.53. The largest absolute Gasteiger partial charge is 0.334 e. The van der Waals surface area contributed by atoms with Crippen LogP contribution in [0, 0.1) is 0 Å². The molecule has 0 saturated carbocycles. The molecule has 0 aliphatic carbocycles. The average molecular weight is 269 g/mol. The van der Waals surface area contributed by atoms with Crippen LogP contribution in [-0.4, -0.2) is 19.4 Å². The number of halogens is 1. The Bertz CT molecular complexity index is 217. The molecule has 0 saturated heterocycles. The third kappa shape index (κ3) is 8.35. The summed E-state index contributed by atoms with van der Waals surface area (Å²) in [6.07, 6.45) is 5.68. The Morgan fingerprint density at radius 1 is 1.12 bits per heavy atom. The second kappa shape index (κ2) is 10.3. The van der Waals surface area contributed by atoms with Gasteiger partial charge in [-0.15, -0.1) is 0 Å². The maximum Gasteiger partial charge on any atom is 0.334 e. The van der Waals surface area contributed by atoms with Crippen LogP contribution < -0.4 is 0 Å². The lowest BCUT2D eigenvalue weighted by molar-refractivity contribution is 0.202. The van der Waals surface area contributed by atoms with Crippen LogP contribution in [0.15, 0.2) is 11.6 Å². The highest BCUT2D eigenvalue weighted by Crippen LogP contribution is 2.48. The molecule has 0 fully saturated rings. The first-order valence-corrected chi connectivity index (χ1v) is 7.98. The van der Waals surface area contributed by atoms with E-state index >= 15 is 0 Å². The Kier molecular flexibility index (Phi) is 10.5. The van der Waals surface area contributed by atoms with E-state index in [-0.39, 0.29) is 6.16 Å². The maximum atomic E-state index is 12.2. The molecular weight excluding hydrogens is 247 g/mol. The summed E-state index contributed by atoms with van der Waals surface area (Å²) in [5, 5.41) is 0. The fourth-order valence-electron chi connectivity index (χ4n) is 1.01. The molecule has 0 amide bonds. The third-order valence-electron chi connectivity index (χ3n) is 1.99. The van der Waals surface area contributed by atoms with E-state index in [0.717, 1.165) is 25.7 Å². The van der Waals surface area contributed by atoms with Gasteiger partial charge in [0.1, 0.15) is 0 Å². The molecule has 96 valence electrons. The first-order valence-electron chi connectivity index (χ1n) is 5.82. The van der Waals surface area contributed by atoms with Gasteiger partial charge in [0, 0.05) is 5.54 Å². The summed E-state index contributed by atoms with van der Waals surface area (Å²) in [5.41, 5.74) is 1.35. The Hall–Kier alpha value is 0.180. The number of hydrogen-bond donors (Lipinski definition) is 0. The topological polar surface area (TPSA) is 35.5 Å². The minimum atomic E-state index is -2.97. The van der Waals surface area contributed by atoms with Crippen molar-refractivity contribution in [3.05, 3.63) is 11.6 Å². The molecule has 0 unspecified atom stereocenters. The molecule has 0 aromatic rings. The standard InChI is InChI=1S/C11H22ClO3P/c1-3-5-9-14-16(13,11-7-8-12)15-10-6-4-2/h7-8H,3-6,9-11H2,1-2H3/b8-7+. The lowest BCUT2D eigenvalue weighted by atomic mass is 10.4. The van der Waals surface area contributed by atoms with Gasteiger partial charge in [-0.2, -0.15) is 0 Å². The molecular formula is C11H22ClO3P. The summed E-state index contributed by atoms with van der Waals surface area (Å²) in [7, 11) is -2.97. The van der Waals surface area contributed by atoms with Gasteiger partial charge in [-0.3, -0.25) is 4.57 Å². The fourth-order valence-corrected chi connectivity index (χ4v) is 2.68. The summed E-state index contributed by atoms with van der Waals surface area (Å²) in [4.78, 5) is 0. The molecule has 0 N–H and O–H groups in total. The molecule has 0 aromatic carbocycles. The highest BCUT2D eigenvalue weighted by Gasteiger charge is 2.22. The Balaban J connectivity index is 4.07. The van der Waals surface area contributed by atoms with Gasteiger partial charge in [0.2, 0.25) is 0 Å². The predicted molar refractivity (Wildman–Crippen MR) is 69.2 cm³/mol. The van der Waals surface area contributed by atoms with Crippen molar-refractivity contribution in [1.82, 2.24) is 0 Å². The summed E-state index contributed by atoms with van der Waals surface area (Å²) >= 11 is 5.42. The van der Waals surface area contributed by atoms with Crippen LogP contribution in [0.4, 0.5) is 0 Å². The zero-order chi connectivity index (χ0) is 12.3. The Morgan fingerprint density at radius 2 is 1.62 bits per heavy atom. The van der Waals surface area contributed by atoms with E-state index in [0.29, 0.717) is 13.2 Å². The first-order chi connectivity index (χ1) is 7.68. The zero-order valence-corrected chi connectivity index (χ0v) is 11.8. The van der Waals surface area contributed by atoms with Crippen molar-refractivity contribution in [3.8, 4) is 0 Å². The summed E-state index contributed by atoms with van der Waals surface area (Å²) in [6, 6.07) is 0. The lowest BCUT2D eigenvalue weighted by Crippen LogP contribution is -2.01. The van der Waals surface area contributed by atoms with E-state index in [1.165, 1.54) is 5.54 Å². The number of unbranched alkanes of at least 4 members (excludes halogenated alkanes) is 2. The van der Waals surface area contributed by atoms with E-state index in [1.54, 1.807) is 6.08 Å². The van der Waals surface area contributed by atoms with Gasteiger partial charge in [0.25, 0.3) is 0 Å². The van der Waals surface area contributed by atoms with Gasteiger partial charge >= 0.3 is 7.60 Å². The molecule has 0 radical (unpaired) electrons. The molecule has 0 bridgehead atoms. The monoisotopic (exact) mass is 268 g/mol. The van der Waals surface area contributed by atoms with Crippen LogP contribution in [0.25, 0.3) is 0 Å². The normalized spacial score (nSPS) is 12.4. The van der Waals surface area contributed by atoms with Crippen molar-refractivity contribution in [3.63, 3.8) is 0 Å². The molecule has 0 heterocycles. The van der Waals surface area contributed by atoms with Crippen molar-refractivity contribution < 1.29 is 13.6 Å². The van der Waals surface area contributed by atoms with Gasteiger partial charge in [-0.05, 0) is 12.8 Å². The first kappa shape index (κ1) is 16.2. The summed E-state index contributed by atoms with van der Waals surface area (Å²) in [6.45, 7) is 5.09. The van der Waals surface area contributed by atoms with Crippen molar-refractivity contribution in [2.75, 3.05) is 19.4 Å². The second-order valence-corrected chi connectivity index (χ2v) is 5.88. The van der Waals surface area contributed by atoms with Gasteiger partial charge in [0.15, 0.2) is 0 Å². The van der Waals surface area contributed by atoms with Crippen LogP contribution >= 0.6 is 19.2 Å². The Morgan fingerprint density at radius 3 is 2.00 bits per heavy atom. The molecule has 5 heteroatoms. The number of hydrogen-bond acceptors (Lipinski definition) is 3. The van der Waals surface area contributed by atoms with Crippen molar-refractivity contribution in [2.24, 2.45) is 0 Å². The van der Waals surface area contributed by atoms with E-state index < -0.39 is 7.60 Å². The molecule has 0 spiro atoms. The smallest absolute Gasteiger partial charge is 0.308 e. The van der Waals surface area contributed by atoms with E-state index in [4.69, 9.17) is 20.6 Å². The molecule has 0 aliphatic heterocycles. The van der Waals surface area contributed by atoms with Gasteiger partial charge in [0.05, 0.1) is 19.4 Å². The van der Waals surface area contributed by atoms with Crippen LogP contribution in [0.5, 0.6) is 0 Å². The van der Waals surface area contributed by atoms with Crippen LogP contribution in [-0.2, 0) is 13.6 Å². The summed E-state index contributed by atoms with van der Waals surface area (Å²) in [5.74, 6) is 0. The van der Waals surface area contributed by atoms with Crippen molar-refractivity contribution in [2.45, 2.75) is 39.5 Å². The molecule has 0 aliphatic rings. The Labute approximate surface area is 104 Å². The summed E-state index contributed by atoms with van der Waals surface area (Å²) < 4.78 is 22.9. The quantitative estimate of drug-likeness (QED) is 0.430. The van der Waals surface area contributed by atoms with Crippen molar-refractivity contribution in [1.29, 1.82) is 0 Å². The number of allylic oxidation sites excluding steroid dienone is 1. The van der Waals surface area contributed by atoms with Gasteiger partial charge < -0.3 is 9.05 Å². The highest BCUT2D eigenvalue weighted by molar-refractivity contribution is 7.54. The van der Waals surface area contributed by atoms with Gasteiger partial charge in [-0.1, -0.05) is 44.4 Å². The van der Waals surface area contributed by atoms with Crippen LogP contribution in [0.3, 0.4) is 0 Å². The zero-order valence-electron chi connectivity index (χ0n) is 10.2. The predicted octanol–water partition coefficient (Wildman–Crippen LogP) is 4.57. The minimum absolute atomic E-state index is 0.254.